The van der Waals surface area contributed by atoms with E-state index in [-0.39, 0.29) is 17.3 Å². The number of nitrogens with zero attached hydrogens (tertiary/aromatic N) is 1. The van der Waals surface area contributed by atoms with Crippen molar-refractivity contribution in [1.82, 2.24) is 4.90 Å². The molecule has 2 amide bonds. The van der Waals surface area contributed by atoms with E-state index in [9.17, 15) is 14.0 Å². The zero-order chi connectivity index (χ0) is 16.0. The minimum Gasteiger partial charge on any atom is -0.478 e. The topological polar surface area (TPSA) is 78.9 Å². The molecule has 0 aliphatic rings. The summed E-state index contributed by atoms with van der Waals surface area (Å²) in [6.07, 6.45) is 0. The van der Waals surface area contributed by atoms with Gasteiger partial charge in [-0.1, -0.05) is 0 Å². The lowest BCUT2D eigenvalue weighted by atomic mass is 10.2. The fourth-order valence-corrected chi connectivity index (χ4v) is 1.72. The van der Waals surface area contributed by atoms with Gasteiger partial charge in [-0.15, -0.1) is 0 Å². The second kappa shape index (κ2) is 7.58. The molecular formula is C14H19FN2O4. The molecule has 7 heteroatoms. The van der Waals surface area contributed by atoms with Crippen LogP contribution in [0.15, 0.2) is 18.2 Å². The van der Waals surface area contributed by atoms with Crippen molar-refractivity contribution in [3.8, 4) is 0 Å². The summed E-state index contributed by atoms with van der Waals surface area (Å²) in [5.41, 5.74) is -0.261. The van der Waals surface area contributed by atoms with Gasteiger partial charge >= 0.3 is 12.0 Å². The number of hydrogen-bond donors (Lipinski definition) is 2. The molecule has 0 radical (unpaired) electrons. The zero-order valence-electron chi connectivity index (χ0n) is 12.2. The molecule has 1 aromatic rings. The Bertz CT molecular complexity index is 520. The lowest BCUT2D eigenvalue weighted by Gasteiger charge is -2.26. The number of amides is 2. The Morgan fingerprint density at radius 1 is 1.43 bits per heavy atom. The number of halogens is 1. The van der Waals surface area contributed by atoms with Crippen LogP contribution in [0.2, 0.25) is 0 Å². The third-order valence-corrected chi connectivity index (χ3v) is 2.88. The predicted octanol–water partition coefficient (Wildman–Crippen LogP) is 2.41. The van der Waals surface area contributed by atoms with Crippen molar-refractivity contribution in [2.45, 2.75) is 19.9 Å². The fraction of sp³-hybridized carbons (Fsp3) is 0.429. The summed E-state index contributed by atoms with van der Waals surface area (Å²) in [7, 11) is 1.52. The predicted molar refractivity (Wildman–Crippen MR) is 76.1 cm³/mol. The third-order valence-electron chi connectivity index (χ3n) is 2.88. The average Bonchev–Trinajstić information content (AvgIpc) is 2.41. The second-order valence-corrected chi connectivity index (χ2v) is 4.71. The maximum atomic E-state index is 13.7. The Morgan fingerprint density at radius 2 is 2.10 bits per heavy atom. The molecule has 0 unspecified atom stereocenters. The van der Waals surface area contributed by atoms with Gasteiger partial charge in [0.05, 0.1) is 17.9 Å². The lowest BCUT2D eigenvalue weighted by molar-refractivity contribution is 0.0697. The molecule has 0 aliphatic heterocycles. The van der Waals surface area contributed by atoms with E-state index >= 15 is 0 Å². The summed E-state index contributed by atoms with van der Waals surface area (Å²) in [4.78, 5) is 24.5. The molecule has 116 valence electrons. The molecule has 0 atom stereocenters. The van der Waals surface area contributed by atoms with E-state index < -0.39 is 17.8 Å². The first-order chi connectivity index (χ1) is 9.86. The molecule has 2 N–H and O–H groups in total. The maximum absolute atomic E-state index is 13.7. The summed E-state index contributed by atoms with van der Waals surface area (Å²) in [5, 5.41) is 11.3. The molecule has 1 rings (SSSR count). The van der Waals surface area contributed by atoms with Gasteiger partial charge in [-0.3, -0.25) is 0 Å². The van der Waals surface area contributed by atoms with Crippen molar-refractivity contribution in [3.05, 3.63) is 29.6 Å². The van der Waals surface area contributed by atoms with Gasteiger partial charge in [0.1, 0.15) is 5.82 Å². The maximum Gasteiger partial charge on any atom is 0.335 e. The van der Waals surface area contributed by atoms with Crippen molar-refractivity contribution < 1.29 is 23.8 Å². The number of nitrogens with one attached hydrogen (secondary N) is 1. The van der Waals surface area contributed by atoms with Gasteiger partial charge in [0.2, 0.25) is 0 Å². The van der Waals surface area contributed by atoms with Gasteiger partial charge in [-0.05, 0) is 32.0 Å². The molecule has 6 nitrogen and oxygen atoms in total. The van der Waals surface area contributed by atoms with E-state index in [1.54, 1.807) is 0 Å². The molecule has 0 aromatic heterocycles. The van der Waals surface area contributed by atoms with Gasteiger partial charge in [-0.25, -0.2) is 14.0 Å². The molecule has 0 fully saturated rings. The number of hydrogen-bond acceptors (Lipinski definition) is 3. The standard InChI is InChI=1S/C14H19FN2O4/c1-9(2)17(6-7-21-3)14(20)16-12-8-10(13(18)19)4-5-11(12)15/h4-5,8-9H,6-7H2,1-3H3,(H,16,20)(H,18,19). The van der Waals surface area contributed by atoms with Gasteiger partial charge in [0.15, 0.2) is 0 Å². The van der Waals surface area contributed by atoms with Gasteiger partial charge < -0.3 is 20.1 Å². The number of rotatable bonds is 6. The van der Waals surface area contributed by atoms with Crippen molar-refractivity contribution in [1.29, 1.82) is 0 Å². The number of carbonyl (C=O) groups excluding carboxylic acids is 1. The van der Waals surface area contributed by atoms with E-state index in [2.05, 4.69) is 5.32 Å². The number of carboxylic acid groups (broad SMARTS) is 1. The molecule has 0 saturated carbocycles. The molecule has 0 saturated heterocycles. The van der Waals surface area contributed by atoms with E-state index in [0.29, 0.717) is 13.2 Å². The Kier molecular flexibility index (Phi) is 6.10. The number of aromatic carboxylic acids is 1. The lowest BCUT2D eigenvalue weighted by Crippen LogP contribution is -2.42. The van der Waals surface area contributed by atoms with Crippen LogP contribution in [-0.4, -0.2) is 48.3 Å². The fourth-order valence-electron chi connectivity index (χ4n) is 1.72. The first-order valence-electron chi connectivity index (χ1n) is 6.46. The first kappa shape index (κ1) is 16.9. The summed E-state index contributed by atoms with van der Waals surface area (Å²) in [5.74, 6) is -1.88. The minimum atomic E-state index is -1.19. The molecule has 0 heterocycles. The van der Waals surface area contributed by atoms with Crippen molar-refractivity contribution in [2.24, 2.45) is 0 Å². The molecule has 0 spiro atoms. The number of benzene rings is 1. The van der Waals surface area contributed by atoms with Gasteiger partial charge in [0.25, 0.3) is 0 Å². The van der Waals surface area contributed by atoms with E-state index in [1.165, 1.54) is 12.0 Å². The molecule has 21 heavy (non-hydrogen) atoms. The van der Waals surface area contributed by atoms with Crippen molar-refractivity contribution >= 4 is 17.7 Å². The van der Waals surface area contributed by atoms with Crippen LogP contribution < -0.4 is 5.32 Å². The quantitative estimate of drug-likeness (QED) is 0.845. The molecular weight excluding hydrogens is 279 g/mol. The average molecular weight is 298 g/mol. The Morgan fingerprint density at radius 3 is 2.62 bits per heavy atom. The van der Waals surface area contributed by atoms with E-state index in [1.807, 2.05) is 13.8 Å². The SMILES string of the molecule is COCCN(C(=O)Nc1cc(C(=O)O)ccc1F)C(C)C. The van der Waals surface area contributed by atoms with Crippen LogP contribution in [0.5, 0.6) is 0 Å². The Hall–Kier alpha value is -2.15. The highest BCUT2D eigenvalue weighted by Crippen LogP contribution is 2.17. The van der Waals surface area contributed by atoms with Crippen LogP contribution >= 0.6 is 0 Å². The molecule has 1 aromatic carbocycles. The Balaban J connectivity index is 2.90. The smallest absolute Gasteiger partial charge is 0.335 e. The highest BCUT2D eigenvalue weighted by molar-refractivity contribution is 5.93. The van der Waals surface area contributed by atoms with E-state index in [0.717, 1.165) is 18.2 Å². The number of urea groups is 1. The van der Waals surface area contributed by atoms with Crippen LogP contribution in [0, 0.1) is 5.82 Å². The van der Waals surface area contributed by atoms with Gasteiger partial charge in [-0.2, -0.15) is 0 Å². The number of ether oxygens (including phenoxy) is 1. The van der Waals surface area contributed by atoms with Crippen molar-refractivity contribution in [3.63, 3.8) is 0 Å². The summed E-state index contributed by atoms with van der Waals surface area (Å²) < 4.78 is 18.6. The van der Waals surface area contributed by atoms with Crippen molar-refractivity contribution in [2.75, 3.05) is 25.6 Å². The summed E-state index contributed by atoms with van der Waals surface area (Å²) in [6, 6.07) is 2.62. The summed E-state index contributed by atoms with van der Waals surface area (Å²) >= 11 is 0. The Labute approximate surface area is 122 Å². The van der Waals surface area contributed by atoms with Crippen LogP contribution in [0.1, 0.15) is 24.2 Å². The highest BCUT2D eigenvalue weighted by atomic mass is 19.1. The second-order valence-electron chi connectivity index (χ2n) is 4.71. The molecule has 0 aliphatic carbocycles. The normalized spacial score (nSPS) is 10.5. The minimum absolute atomic E-state index is 0.0975. The number of anilines is 1. The monoisotopic (exact) mass is 298 g/mol. The number of carbonyl (C=O) groups is 2. The largest absolute Gasteiger partial charge is 0.478 e. The zero-order valence-corrected chi connectivity index (χ0v) is 12.2. The number of carboxylic acids is 1. The van der Waals surface area contributed by atoms with E-state index in [4.69, 9.17) is 9.84 Å². The number of methoxy groups -OCH3 is 1. The van der Waals surface area contributed by atoms with Crippen LogP contribution in [0.25, 0.3) is 0 Å². The first-order valence-corrected chi connectivity index (χ1v) is 6.46. The summed E-state index contributed by atoms with van der Waals surface area (Å²) in [6.45, 7) is 4.34. The third kappa shape index (κ3) is 4.71. The molecule has 0 bridgehead atoms. The van der Waals surface area contributed by atoms with Gasteiger partial charge in [0, 0.05) is 19.7 Å². The highest BCUT2D eigenvalue weighted by Gasteiger charge is 2.18. The van der Waals surface area contributed by atoms with Crippen LogP contribution in [0.4, 0.5) is 14.9 Å². The van der Waals surface area contributed by atoms with Crippen LogP contribution in [-0.2, 0) is 4.74 Å². The van der Waals surface area contributed by atoms with Crippen LogP contribution in [0.3, 0.4) is 0 Å².